The maximum Gasteiger partial charge on any atom is 0.243 e. The van der Waals surface area contributed by atoms with E-state index in [2.05, 4.69) is 11.9 Å². The first kappa shape index (κ1) is 17.1. The molecule has 0 aromatic heterocycles. The second-order valence-electron chi connectivity index (χ2n) is 4.40. The second kappa shape index (κ2) is 6.86. The molecule has 0 aromatic rings. The Labute approximate surface area is 109 Å². The summed E-state index contributed by atoms with van der Waals surface area (Å²) in [5.74, 6) is -0.306. The summed E-state index contributed by atoms with van der Waals surface area (Å²) in [4.78, 5) is 10.2. The van der Waals surface area contributed by atoms with Crippen LogP contribution in [0, 0.1) is 0 Å². The minimum atomic E-state index is -4.40. The van der Waals surface area contributed by atoms with Crippen molar-refractivity contribution in [1.82, 2.24) is 5.32 Å². The highest BCUT2D eigenvalue weighted by molar-refractivity contribution is 7.86. The minimum absolute atomic E-state index is 0.217. The summed E-state index contributed by atoms with van der Waals surface area (Å²) in [6.45, 7) is 5.32. The van der Waals surface area contributed by atoms with Gasteiger partial charge in [-0.1, -0.05) is 13.5 Å². The average molecular weight is 278 g/mol. The number of nitrogens with one attached hydrogen (secondary N) is 2. The molecular formula is C11H22N2O4S. The maximum atomic E-state index is 11.4. The first-order valence-corrected chi connectivity index (χ1v) is 7.28. The lowest BCUT2D eigenvalue weighted by molar-refractivity contribution is -0.899. The van der Waals surface area contributed by atoms with Crippen molar-refractivity contribution in [3.8, 4) is 0 Å². The van der Waals surface area contributed by atoms with E-state index in [1.54, 1.807) is 21.0 Å². The fourth-order valence-corrected chi connectivity index (χ4v) is 3.24. The van der Waals surface area contributed by atoms with Crippen LogP contribution in [0.5, 0.6) is 0 Å². The van der Waals surface area contributed by atoms with Crippen LogP contribution in [-0.4, -0.2) is 44.4 Å². The number of amides is 1. The first-order chi connectivity index (χ1) is 8.21. The van der Waals surface area contributed by atoms with Gasteiger partial charge in [0, 0.05) is 19.4 Å². The number of carbonyl (C=O) groups excluding carboxylic acids is 1. The molecule has 0 saturated heterocycles. The third-order valence-corrected chi connectivity index (χ3v) is 5.06. The number of hydrogen-bond acceptors (Lipinski definition) is 4. The van der Waals surface area contributed by atoms with E-state index < -0.39 is 15.0 Å². The van der Waals surface area contributed by atoms with Crippen LogP contribution in [0.2, 0.25) is 0 Å². The van der Waals surface area contributed by atoms with Crippen LogP contribution in [0.25, 0.3) is 0 Å². The van der Waals surface area contributed by atoms with Crippen molar-refractivity contribution in [2.75, 3.05) is 20.6 Å². The van der Waals surface area contributed by atoms with Crippen LogP contribution in [0.1, 0.15) is 26.2 Å². The van der Waals surface area contributed by atoms with E-state index in [0.717, 1.165) is 6.08 Å². The zero-order chi connectivity index (χ0) is 14.4. The molecule has 0 aliphatic heterocycles. The van der Waals surface area contributed by atoms with Gasteiger partial charge in [0.05, 0.1) is 14.1 Å². The lowest BCUT2D eigenvalue weighted by Crippen LogP contribution is -3.16. The second-order valence-corrected chi connectivity index (χ2v) is 6.09. The molecule has 18 heavy (non-hydrogen) atoms. The Morgan fingerprint density at radius 3 is 2.39 bits per heavy atom. The third-order valence-electron chi connectivity index (χ3n) is 3.20. The van der Waals surface area contributed by atoms with Gasteiger partial charge in [0.1, 0.15) is 0 Å². The molecule has 0 rings (SSSR count). The van der Waals surface area contributed by atoms with Crippen molar-refractivity contribution in [3.63, 3.8) is 0 Å². The Morgan fingerprint density at radius 2 is 2.06 bits per heavy atom. The van der Waals surface area contributed by atoms with Crippen molar-refractivity contribution in [2.24, 2.45) is 0 Å². The summed E-state index contributed by atoms with van der Waals surface area (Å²) in [6.07, 6.45) is 2.04. The zero-order valence-corrected chi connectivity index (χ0v) is 12.0. The molecule has 1 unspecified atom stereocenters. The Balaban J connectivity index is 4.64. The SMILES string of the molecule is C=CC(=O)NCCCC(CC)([NH+](C)C)S(=O)(=O)[O-]. The average Bonchev–Trinajstić information content (AvgIpc) is 2.26. The normalized spacial score (nSPS) is 15.2. The van der Waals surface area contributed by atoms with Gasteiger partial charge in [-0.05, 0) is 12.5 Å². The highest BCUT2D eigenvalue weighted by Gasteiger charge is 2.41. The molecule has 0 aliphatic rings. The summed E-state index contributed by atoms with van der Waals surface area (Å²) in [5, 5.41) is 2.56. The Bertz CT molecular complexity index is 392. The highest BCUT2D eigenvalue weighted by atomic mass is 32.2. The molecule has 106 valence electrons. The highest BCUT2D eigenvalue weighted by Crippen LogP contribution is 2.19. The van der Waals surface area contributed by atoms with Gasteiger partial charge >= 0.3 is 0 Å². The standard InChI is InChI=1S/C11H22N2O4S/c1-5-10(14)12-9-7-8-11(6-2,13(3)4)18(15,16)17/h5H,1,6-9H2,2-4H3,(H,12,14)(H,15,16,17). The Kier molecular flexibility index (Phi) is 6.51. The van der Waals surface area contributed by atoms with Crippen LogP contribution in [0.3, 0.4) is 0 Å². The van der Waals surface area contributed by atoms with E-state index in [-0.39, 0.29) is 18.7 Å². The van der Waals surface area contributed by atoms with Gasteiger partial charge in [0.2, 0.25) is 5.91 Å². The molecule has 0 aliphatic carbocycles. The van der Waals surface area contributed by atoms with Crippen LogP contribution < -0.4 is 10.2 Å². The van der Waals surface area contributed by atoms with Crippen LogP contribution in [0.4, 0.5) is 0 Å². The summed E-state index contributed by atoms with van der Waals surface area (Å²) in [6, 6.07) is 0. The molecular weight excluding hydrogens is 256 g/mol. The molecule has 0 saturated carbocycles. The molecule has 6 nitrogen and oxygen atoms in total. The third kappa shape index (κ3) is 4.08. The molecule has 7 heteroatoms. The van der Waals surface area contributed by atoms with Crippen molar-refractivity contribution in [3.05, 3.63) is 12.7 Å². The zero-order valence-electron chi connectivity index (χ0n) is 11.2. The molecule has 0 aromatic carbocycles. The van der Waals surface area contributed by atoms with Gasteiger partial charge in [0.25, 0.3) is 0 Å². The lowest BCUT2D eigenvalue weighted by Gasteiger charge is -2.37. The van der Waals surface area contributed by atoms with Crippen LogP contribution in [0.15, 0.2) is 12.7 Å². The lowest BCUT2D eigenvalue weighted by atomic mass is 10.1. The Morgan fingerprint density at radius 1 is 1.50 bits per heavy atom. The fraction of sp³-hybridized carbons (Fsp3) is 0.727. The molecule has 1 atom stereocenters. The summed E-state index contributed by atoms with van der Waals surface area (Å²) < 4.78 is 34.3. The van der Waals surface area contributed by atoms with Crippen LogP contribution in [-0.2, 0) is 14.9 Å². The van der Waals surface area contributed by atoms with Crippen molar-refractivity contribution < 1.29 is 22.7 Å². The molecule has 0 bridgehead atoms. The van der Waals surface area contributed by atoms with E-state index in [4.69, 9.17) is 0 Å². The number of quaternary nitrogens is 1. The maximum absolute atomic E-state index is 11.4. The topological polar surface area (TPSA) is 90.7 Å². The van der Waals surface area contributed by atoms with Gasteiger partial charge in [-0.3, -0.25) is 4.79 Å². The molecule has 0 heterocycles. The van der Waals surface area contributed by atoms with E-state index in [0.29, 0.717) is 17.9 Å². The fourth-order valence-electron chi connectivity index (χ4n) is 1.99. The van der Waals surface area contributed by atoms with Gasteiger partial charge in [-0.25, -0.2) is 8.42 Å². The molecule has 2 N–H and O–H groups in total. The molecule has 0 radical (unpaired) electrons. The monoisotopic (exact) mass is 278 g/mol. The van der Waals surface area contributed by atoms with E-state index in [1.165, 1.54) is 0 Å². The number of carbonyl (C=O) groups is 1. The largest absolute Gasteiger partial charge is 0.743 e. The van der Waals surface area contributed by atoms with Gasteiger partial charge in [-0.15, -0.1) is 0 Å². The summed E-state index contributed by atoms with van der Waals surface area (Å²) in [5.41, 5.74) is 0. The van der Waals surface area contributed by atoms with Crippen LogP contribution >= 0.6 is 0 Å². The molecule has 0 spiro atoms. The van der Waals surface area contributed by atoms with E-state index in [9.17, 15) is 17.8 Å². The van der Waals surface area contributed by atoms with Crippen molar-refractivity contribution >= 4 is 16.0 Å². The predicted octanol–water partition coefficient (Wildman–Crippen LogP) is -1.14. The minimum Gasteiger partial charge on any atom is -0.743 e. The van der Waals surface area contributed by atoms with E-state index >= 15 is 0 Å². The number of hydrogen-bond donors (Lipinski definition) is 2. The molecule has 1 amide bonds. The molecule has 0 fully saturated rings. The quantitative estimate of drug-likeness (QED) is 0.334. The van der Waals surface area contributed by atoms with Crippen molar-refractivity contribution in [2.45, 2.75) is 31.1 Å². The summed E-state index contributed by atoms with van der Waals surface area (Å²) in [7, 11) is -1.09. The predicted molar refractivity (Wildman–Crippen MR) is 68.0 cm³/mol. The first-order valence-electron chi connectivity index (χ1n) is 5.87. The van der Waals surface area contributed by atoms with Gasteiger partial charge in [-0.2, -0.15) is 0 Å². The summed E-state index contributed by atoms with van der Waals surface area (Å²) >= 11 is 0. The van der Waals surface area contributed by atoms with Crippen molar-refractivity contribution in [1.29, 1.82) is 0 Å². The van der Waals surface area contributed by atoms with Gasteiger partial charge < -0.3 is 14.8 Å². The van der Waals surface area contributed by atoms with Gasteiger partial charge in [0.15, 0.2) is 15.0 Å². The Hall–Kier alpha value is -0.920. The smallest absolute Gasteiger partial charge is 0.243 e. The van der Waals surface area contributed by atoms with E-state index in [1.807, 2.05) is 0 Å². The number of rotatable bonds is 8.